The Kier molecular flexibility index (Phi) is 3.97. The third-order valence-electron chi connectivity index (χ3n) is 6.67. The Morgan fingerprint density at radius 1 is 1.15 bits per heavy atom. The molecule has 27 heavy (non-hydrogen) atoms. The van der Waals surface area contributed by atoms with Crippen LogP contribution in [0.2, 0.25) is 0 Å². The van der Waals surface area contributed by atoms with E-state index < -0.39 is 6.10 Å². The second-order valence-corrected chi connectivity index (χ2v) is 8.47. The number of aliphatic hydroxyl groups is 1. The maximum atomic E-state index is 12.9. The molecule has 1 atom stereocenters. The molecule has 144 valence electrons. The van der Waals surface area contributed by atoms with Crippen LogP contribution >= 0.6 is 0 Å². The van der Waals surface area contributed by atoms with Gasteiger partial charge in [-0.1, -0.05) is 6.42 Å². The predicted molar refractivity (Wildman–Crippen MR) is 102 cm³/mol. The van der Waals surface area contributed by atoms with Gasteiger partial charge in [-0.25, -0.2) is 0 Å². The summed E-state index contributed by atoms with van der Waals surface area (Å²) in [4.78, 5) is 14.7. The van der Waals surface area contributed by atoms with Crippen molar-refractivity contribution in [2.45, 2.75) is 70.0 Å². The minimum atomic E-state index is -0.582. The van der Waals surface area contributed by atoms with E-state index in [0.717, 1.165) is 73.9 Å². The molecule has 1 spiro atoms. The van der Waals surface area contributed by atoms with Crippen molar-refractivity contribution in [3.63, 3.8) is 0 Å². The number of carbonyl (C=O) groups excluding carboxylic acids is 1. The Morgan fingerprint density at radius 2 is 1.89 bits per heavy atom. The molecule has 1 aromatic heterocycles. The van der Waals surface area contributed by atoms with Crippen molar-refractivity contribution >= 4 is 16.9 Å². The Bertz CT molecular complexity index is 887. The third-order valence-corrected chi connectivity index (χ3v) is 6.67. The lowest BCUT2D eigenvalue weighted by molar-refractivity contribution is -0.0373. The molecule has 1 saturated heterocycles. The van der Waals surface area contributed by atoms with E-state index in [-0.39, 0.29) is 11.5 Å². The third kappa shape index (κ3) is 2.66. The Hall–Kier alpha value is -2.01. The number of benzene rings is 1. The van der Waals surface area contributed by atoms with Crippen LogP contribution in [0.15, 0.2) is 16.5 Å². The fourth-order valence-electron chi connectivity index (χ4n) is 5.27. The monoisotopic (exact) mass is 369 g/mol. The number of hydrogen-bond acceptors (Lipinski definition) is 4. The number of ether oxygens (including phenoxy) is 1. The topological polar surface area (TPSA) is 62.9 Å². The molecule has 0 bridgehead atoms. The summed E-state index contributed by atoms with van der Waals surface area (Å²) in [5, 5.41) is 11.9. The van der Waals surface area contributed by atoms with E-state index in [1.54, 1.807) is 0 Å². The number of fused-ring (bicyclic) bond motifs is 3. The molecule has 2 aromatic rings. The van der Waals surface area contributed by atoms with E-state index in [1.165, 1.54) is 6.42 Å². The van der Waals surface area contributed by atoms with Crippen molar-refractivity contribution in [2.75, 3.05) is 13.1 Å². The standard InChI is InChI=1S/C22H27NO4/c1-14-18-16(26-20(14)21(25)23-11-5-6-12-23)7-8-17-19(18)15(24)13-22(27-17)9-3-2-4-10-22/h7-8,15,24H,2-6,9-13H2,1H3. The van der Waals surface area contributed by atoms with Gasteiger partial charge in [0, 0.05) is 36.0 Å². The number of rotatable bonds is 1. The van der Waals surface area contributed by atoms with Gasteiger partial charge in [0.15, 0.2) is 5.76 Å². The predicted octanol–water partition coefficient (Wildman–Crippen LogP) is 4.50. The minimum absolute atomic E-state index is 0.0371. The first-order valence-electron chi connectivity index (χ1n) is 10.3. The van der Waals surface area contributed by atoms with Crippen LogP contribution in [0.3, 0.4) is 0 Å². The van der Waals surface area contributed by atoms with Crippen molar-refractivity contribution in [2.24, 2.45) is 0 Å². The van der Waals surface area contributed by atoms with Crippen LogP contribution in [0.1, 0.15) is 79.2 Å². The van der Waals surface area contributed by atoms with Gasteiger partial charge in [-0.05, 0) is 57.6 Å². The normalized spacial score (nSPS) is 24.2. The van der Waals surface area contributed by atoms with E-state index in [1.807, 2.05) is 24.0 Å². The van der Waals surface area contributed by atoms with Crippen molar-refractivity contribution in [1.82, 2.24) is 4.90 Å². The van der Waals surface area contributed by atoms with E-state index >= 15 is 0 Å². The van der Waals surface area contributed by atoms with E-state index in [9.17, 15) is 9.90 Å². The molecule has 3 heterocycles. The van der Waals surface area contributed by atoms with Crippen LogP contribution in [0.5, 0.6) is 5.75 Å². The molecule has 5 heteroatoms. The molecule has 1 aliphatic carbocycles. The number of amides is 1. The lowest BCUT2D eigenvalue weighted by atomic mass is 9.77. The molecule has 5 nitrogen and oxygen atoms in total. The zero-order valence-electron chi connectivity index (χ0n) is 15.9. The van der Waals surface area contributed by atoms with Crippen molar-refractivity contribution in [3.05, 3.63) is 29.0 Å². The van der Waals surface area contributed by atoms with Crippen LogP contribution in [0, 0.1) is 6.92 Å². The zero-order valence-corrected chi connectivity index (χ0v) is 15.9. The van der Waals surface area contributed by atoms with Crippen LogP contribution < -0.4 is 4.74 Å². The first-order chi connectivity index (χ1) is 13.1. The van der Waals surface area contributed by atoms with Crippen LogP contribution in [-0.2, 0) is 0 Å². The van der Waals surface area contributed by atoms with Gasteiger partial charge in [-0.15, -0.1) is 0 Å². The molecule has 1 amide bonds. The molecule has 1 N–H and O–H groups in total. The first kappa shape index (κ1) is 17.1. The maximum Gasteiger partial charge on any atom is 0.289 e. The Balaban J connectivity index is 1.58. The summed E-state index contributed by atoms with van der Waals surface area (Å²) in [5.41, 5.74) is 2.05. The van der Waals surface area contributed by atoms with Crippen LogP contribution in [0.25, 0.3) is 11.0 Å². The largest absolute Gasteiger partial charge is 0.487 e. The highest BCUT2D eigenvalue weighted by molar-refractivity contribution is 6.00. The highest BCUT2D eigenvalue weighted by Gasteiger charge is 2.42. The van der Waals surface area contributed by atoms with Crippen molar-refractivity contribution < 1.29 is 19.1 Å². The average Bonchev–Trinajstić information content (AvgIpc) is 3.30. The zero-order chi connectivity index (χ0) is 18.6. The summed E-state index contributed by atoms with van der Waals surface area (Å²) in [5.74, 6) is 1.13. The van der Waals surface area contributed by atoms with Crippen LogP contribution in [-0.4, -0.2) is 34.6 Å². The summed E-state index contributed by atoms with van der Waals surface area (Å²) in [6.07, 6.45) is 7.71. The highest BCUT2D eigenvalue weighted by atomic mass is 16.5. The lowest BCUT2D eigenvalue weighted by Gasteiger charge is -2.43. The summed E-state index contributed by atoms with van der Waals surface area (Å²) in [7, 11) is 0. The Labute approximate surface area is 159 Å². The summed E-state index contributed by atoms with van der Waals surface area (Å²) in [6.45, 7) is 3.51. The summed E-state index contributed by atoms with van der Waals surface area (Å²) < 4.78 is 12.4. The van der Waals surface area contributed by atoms with Gasteiger partial charge in [0.25, 0.3) is 5.91 Å². The number of furan rings is 1. The van der Waals surface area contributed by atoms with Gasteiger partial charge in [-0.2, -0.15) is 0 Å². The number of aliphatic hydroxyl groups excluding tert-OH is 1. The molecular formula is C22H27NO4. The first-order valence-corrected chi connectivity index (χ1v) is 10.3. The second-order valence-electron chi connectivity index (χ2n) is 8.47. The molecule has 2 aliphatic heterocycles. The Morgan fingerprint density at radius 3 is 2.63 bits per heavy atom. The number of carbonyl (C=O) groups is 1. The molecule has 3 aliphatic rings. The summed E-state index contributed by atoms with van der Waals surface area (Å²) in [6, 6.07) is 3.79. The summed E-state index contributed by atoms with van der Waals surface area (Å²) >= 11 is 0. The SMILES string of the molecule is Cc1c(C(=O)N2CCCC2)oc2ccc3c(c12)C(O)CC1(CCCCC1)O3. The van der Waals surface area contributed by atoms with E-state index in [4.69, 9.17) is 9.15 Å². The molecular weight excluding hydrogens is 342 g/mol. The number of likely N-dealkylation sites (tertiary alicyclic amines) is 1. The average molecular weight is 369 g/mol. The van der Waals surface area contributed by atoms with Crippen molar-refractivity contribution in [3.8, 4) is 5.75 Å². The lowest BCUT2D eigenvalue weighted by Crippen LogP contribution is -2.42. The molecule has 1 saturated carbocycles. The van der Waals surface area contributed by atoms with Gasteiger partial charge in [0.1, 0.15) is 16.9 Å². The van der Waals surface area contributed by atoms with E-state index in [0.29, 0.717) is 17.8 Å². The quantitative estimate of drug-likeness (QED) is 0.804. The number of hydrogen-bond donors (Lipinski definition) is 1. The van der Waals surface area contributed by atoms with Crippen molar-refractivity contribution in [1.29, 1.82) is 0 Å². The van der Waals surface area contributed by atoms with Crippen LogP contribution in [0.4, 0.5) is 0 Å². The molecule has 1 unspecified atom stereocenters. The second kappa shape index (κ2) is 6.26. The molecule has 1 aromatic carbocycles. The number of aryl methyl sites for hydroxylation is 1. The van der Waals surface area contributed by atoms with Gasteiger partial charge < -0.3 is 19.2 Å². The highest BCUT2D eigenvalue weighted by Crippen LogP contribution is 2.49. The van der Waals surface area contributed by atoms with Gasteiger partial charge in [-0.3, -0.25) is 4.79 Å². The number of nitrogens with zero attached hydrogens (tertiary/aromatic N) is 1. The fraction of sp³-hybridized carbons (Fsp3) is 0.591. The van der Waals surface area contributed by atoms with Gasteiger partial charge in [0.2, 0.25) is 0 Å². The van der Waals surface area contributed by atoms with E-state index in [2.05, 4.69) is 0 Å². The maximum absolute atomic E-state index is 12.9. The smallest absolute Gasteiger partial charge is 0.289 e. The molecule has 2 fully saturated rings. The van der Waals surface area contributed by atoms with Gasteiger partial charge in [0.05, 0.1) is 6.10 Å². The molecule has 5 rings (SSSR count). The minimum Gasteiger partial charge on any atom is -0.487 e. The van der Waals surface area contributed by atoms with Gasteiger partial charge >= 0.3 is 0 Å². The fourth-order valence-corrected chi connectivity index (χ4v) is 5.27. The molecule has 0 radical (unpaired) electrons.